The van der Waals surface area contributed by atoms with Crippen LogP contribution in [0.5, 0.6) is 11.5 Å². The second-order valence-electron chi connectivity index (χ2n) is 13.9. The number of fused-ring (bicyclic) bond motifs is 6. The van der Waals surface area contributed by atoms with Gasteiger partial charge in [0.2, 0.25) is 0 Å². The summed E-state index contributed by atoms with van der Waals surface area (Å²) in [5, 5.41) is 8.97. The lowest BCUT2D eigenvalue weighted by atomic mass is 9.73. The van der Waals surface area contributed by atoms with Gasteiger partial charge in [-0.25, -0.2) is 0 Å². The van der Waals surface area contributed by atoms with Crippen LogP contribution < -0.4 is 15.0 Å². The monoisotopic (exact) mass is 686 g/mol. The summed E-state index contributed by atoms with van der Waals surface area (Å²) in [5.41, 5.74) is 11.8. The summed E-state index contributed by atoms with van der Waals surface area (Å²) in [6.07, 6.45) is 3.36. The number of hydrogen-bond acceptors (Lipinski definition) is 4. The third kappa shape index (κ3) is 5.11. The predicted octanol–water partition coefficient (Wildman–Crippen LogP) is 12.6. The molecule has 1 atom stereocenters. The van der Waals surface area contributed by atoms with Gasteiger partial charge >= 0.3 is 0 Å². The number of nitrogens with one attached hydrogen (secondary N) is 1. The normalized spacial score (nSPS) is 15.4. The van der Waals surface area contributed by atoms with E-state index >= 15 is 0 Å². The van der Waals surface area contributed by atoms with E-state index in [1.54, 1.807) is 0 Å². The maximum atomic E-state index is 6.53. The van der Waals surface area contributed by atoms with E-state index in [0.717, 1.165) is 40.7 Å². The number of nitrogens with zero attached hydrogens (tertiary/aromatic N) is 1. The zero-order valence-corrected chi connectivity index (χ0v) is 29.9. The second-order valence-corrected chi connectivity index (χ2v) is 15.0. The Balaban J connectivity index is 1.18. The maximum absolute atomic E-state index is 6.53. The van der Waals surface area contributed by atoms with Crippen LogP contribution in [0.3, 0.4) is 0 Å². The lowest BCUT2D eigenvalue weighted by molar-refractivity contribution is 0.475. The van der Waals surface area contributed by atoms with Gasteiger partial charge in [-0.15, -0.1) is 11.3 Å². The Kier molecular flexibility index (Phi) is 7.29. The Morgan fingerprint density at radius 3 is 2.31 bits per heavy atom. The summed E-state index contributed by atoms with van der Waals surface area (Å²) in [6.45, 7) is 2.18. The number of anilines is 4. The van der Waals surface area contributed by atoms with Gasteiger partial charge < -0.3 is 15.0 Å². The Morgan fingerprint density at radius 2 is 1.42 bits per heavy atom. The Labute approximate surface area is 308 Å². The molecule has 0 bridgehead atoms. The summed E-state index contributed by atoms with van der Waals surface area (Å²) in [6, 6.07) is 54.7. The van der Waals surface area contributed by atoms with Gasteiger partial charge in [0.25, 0.3) is 0 Å². The molecule has 1 N–H and O–H groups in total. The van der Waals surface area contributed by atoms with Crippen molar-refractivity contribution in [3.8, 4) is 11.5 Å². The molecule has 2 heterocycles. The molecule has 0 spiro atoms. The minimum Gasteiger partial charge on any atom is -0.453 e. The van der Waals surface area contributed by atoms with Crippen molar-refractivity contribution in [1.82, 2.24) is 0 Å². The smallest absolute Gasteiger partial charge is 0.151 e. The van der Waals surface area contributed by atoms with Crippen LogP contribution >= 0.6 is 11.3 Å². The van der Waals surface area contributed by atoms with Crippen molar-refractivity contribution >= 4 is 78.5 Å². The van der Waals surface area contributed by atoms with Crippen LogP contribution in [-0.4, -0.2) is 7.85 Å². The van der Waals surface area contributed by atoms with Crippen molar-refractivity contribution < 1.29 is 4.74 Å². The van der Waals surface area contributed by atoms with Crippen molar-refractivity contribution in [1.29, 1.82) is 0 Å². The molecule has 0 radical (unpaired) electrons. The SMILES string of the molecule is BC1=C(c2cc3ccccc3cc2Nc2ccc3sc4ccccc4c3c2)CC(c2ccccc2)C=C1N1c2ccccc2Oc2cccc(C)c21. The van der Waals surface area contributed by atoms with E-state index in [0.29, 0.717) is 0 Å². The van der Waals surface area contributed by atoms with Crippen LogP contribution in [-0.2, 0) is 0 Å². The largest absolute Gasteiger partial charge is 0.453 e. The van der Waals surface area contributed by atoms with Crippen molar-refractivity contribution in [2.75, 3.05) is 10.2 Å². The minimum atomic E-state index is 0.171. The molecule has 1 aromatic heterocycles. The van der Waals surface area contributed by atoms with Crippen molar-refractivity contribution in [2.24, 2.45) is 0 Å². The van der Waals surface area contributed by atoms with E-state index < -0.39 is 0 Å². The molecule has 8 aromatic rings. The van der Waals surface area contributed by atoms with Crippen molar-refractivity contribution in [3.63, 3.8) is 0 Å². The topological polar surface area (TPSA) is 24.5 Å². The van der Waals surface area contributed by atoms with Gasteiger partial charge in [-0.05, 0) is 95.4 Å². The number of para-hydroxylation sites is 3. The van der Waals surface area contributed by atoms with E-state index in [4.69, 9.17) is 4.74 Å². The molecule has 5 heteroatoms. The van der Waals surface area contributed by atoms with Gasteiger partial charge in [0.1, 0.15) is 7.85 Å². The summed E-state index contributed by atoms with van der Waals surface area (Å²) < 4.78 is 9.15. The molecule has 2 aliphatic rings. The number of thiophene rings is 1. The molecular formula is C47H35BN2OS. The highest BCUT2D eigenvalue weighted by molar-refractivity contribution is 7.25. The first-order valence-electron chi connectivity index (χ1n) is 17.9. The first-order valence-corrected chi connectivity index (χ1v) is 18.8. The van der Waals surface area contributed by atoms with E-state index in [1.807, 2.05) is 11.3 Å². The standard InChI is InChI=1S/C47H35BN2OS/c1-29-12-11-20-43-47(29)50(40-18-8-9-19-42(40)51-43)41-27-33(30-13-3-2-4-14-30)25-38(46(41)48)36-24-31-15-5-6-16-32(31)26-39(36)49-34-22-23-45-37(28-34)35-17-7-10-21-44(35)52-45/h2-24,26-28,33,49H,25,48H2,1H3. The number of allylic oxidation sites excluding steroid dienone is 3. The molecule has 0 saturated carbocycles. The van der Waals surface area contributed by atoms with Gasteiger partial charge in [-0.2, -0.15) is 0 Å². The molecule has 1 aliphatic heterocycles. The molecule has 248 valence electrons. The van der Waals surface area contributed by atoms with Gasteiger partial charge in [0.05, 0.1) is 11.4 Å². The fourth-order valence-corrected chi connectivity index (χ4v) is 9.23. The van der Waals surface area contributed by atoms with Crippen LogP contribution in [0.15, 0.2) is 169 Å². The molecule has 0 fully saturated rings. The molecule has 3 nitrogen and oxygen atoms in total. The van der Waals surface area contributed by atoms with Crippen molar-refractivity contribution in [3.05, 3.63) is 186 Å². The first-order chi connectivity index (χ1) is 25.6. The highest BCUT2D eigenvalue weighted by Crippen LogP contribution is 2.53. The highest BCUT2D eigenvalue weighted by Gasteiger charge is 2.33. The molecule has 52 heavy (non-hydrogen) atoms. The quantitative estimate of drug-likeness (QED) is 0.182. The van der Waals surface area contributed by atoms with Crippen molar-refractivity contribution in [2.45, 2.75) is 19.3 Å². The molecule has 7 aromatic carbocycles. The average molecular weight is 687 g/mol. The number of aryl methyl sites for hydroxylation is 1. The molecular weight excluding hydrogens is 651 g/mol. The maximum Gasteiger partial charge on any atom is 0.151 e. The fraction of sp³-hybridized carbons (Fsp3) is 0.0638. The van der Waals surface area contributed by atoms with Gasteiger partial charge in [0, 0.05) is 48.7 Å². The van der Waals surface area contributed by atoms with Gasteiger partial charge in [-0.1, -0.05) is 109 Å². The Bertz CT molecular complexity index is 2760. The van der Waals surface area contributed by atoms with Crippen LogP contribution in [0, 0.1) is 6.92 Å². The number of ether oxygens (including phenoxy) is 1. The number of benzene rings is 7. The zero-order valence-electron chi connectivity index (χ0n) is 29.1. The molecule has 1 unspecified atom stereocenters. The van der Waals surface area contributed by atoms with Gasteiger partial charge in [0.15, 0.2) is 11.5 Å². The lowest BCUT2D eigenvalue weighted by Gasteiger charge is -2.39. The second kappa shape index (κ2) is 12.3. The fourth-order valence-electron chi connectivity index (χ4n) is 8.14. The summed E-state index contributed by atoms with van der Waals surface area (Å²) in [5.74, 6) is 1.91. The van der Waals surface area contributed by atoms with Crippen LogP contribution in [0.4, 0.5) is 22.7 Å². The molecule has 0 amide bonds. The Hall–Kier alpha value is -6.04. The third-order valence-electron chi connectivity index (χ3n) is 10.7. The summed E-state index contributed by atoms with van der Waals surface area (Å²) >= 11 is 1.85. The van der Waals surface area contributed by atoms with E-state index in [-0.39, 0.29) is 5.92 Å². The highest BCUT2D eigenvalue weighted by atomic mass is 32.1. The Morgan fingerprint density at radius 1 is 0.692 bits per heavy atom. The third-order valence-corrected chi connectivity index (χ3v) is 11.9. The van der Waals surface area contributed by atoms with Crippen LogP contribution in [0.2, 0.25) is 0 Å². The van der Waals surface area contributed by atoms with E-state index in [1.165, 1.54) is 64.4 Å². The zero-order chi connectivity index (χ0) is 34.8. The number of hydrogen-bond donors (Lipinski definition) is 1. The van der Waals surface area contributed by atoms with E-state index in [9.17, 15) is 0 Å². The molecule has 1 aliphatic carbocycles. The van der Waals surface area contributed by atoms with Crippen LogP contribution in [0.25, 0.3) is 36.5 Å². The minimum absolute atomic E-state index is 0.171. The van der Waals surface area contributed by atoms with Gasteiger partial charge in [-0.3, -0.25) is 0 Å². The summed E-state index contributed by atoms with van der Waals surface area (Å²) in [7, 11) is 2.31. The average Bonchev–Trinajstić information content (AvgIpc) is 3.55. The predicted molar refractivity (Wildman–Crippen MR) is 224 cm³/mol. The molecule has 10 rings (SSSR count). The number of rotatable bonds is 5. The first kappa shape index (κ1) is 30.8. The lowest BCUT2D eigenvalue weighted by Crippen LogP contribution is -2.26. The molecule has 0 saturated heterocycles. The summed E-state index contributed by atoms with van der Waals surface area (Å²) in [4.78, 5) is 2.44. The van der Waals surface area contributed by atoms with E-state index in [2.05, 4.69) is 183 Å². The van der Waals surface area contributed by atoms with Crippen LogP contribution in [0.1, 0.15) is 29.0 Å².